The first kappa shape index (κ1) is 23.7. The van der Waals surface area contributed by atoms with E-state index in [1.807, 2.05) is 39.0 Å². The van der Waals surface area contributed by atoms with Crippen molar-refractivity contribution in [1.29, 1.82) is 5.26 Å². The Kier molecular flexibility index (Phi) is 7.95. The van der Waals surface area contributed by atoms with Crippen LogP contribution >= 0.6 is 0 Å². The van der Waals surface area contributed by atoms with Gasteiger partial charge in [-0.3, -0.25) is 14.0 Å². The first-order valence-electron chi connectivity index (χ1n) is 10.7. The molecule has 0 fully saturated rings. The predicted molar refractivity (Wildman–Crippen MR) is 125 cm³/mol. The number of nitrogens with zero attached hydrogens (tertiary/aromatic N) is 3. The second kappa shape index (κ2) is 11.1. The number of ether oxygens (including phenoxy) is 2. The van der Waals surface area contributed by atoms with Gasteiger partial charge in [-0.15, -0.1) is 0 Å². The molecule has 0 spiro atoms. The summed E-state index contributed by atoms with van der Waals surface area (Å²) in [5, 5.41) is 12.3. The average molecular weight is 447 g/mol. The van der Waals surface area contributed by atoms with Crippen LogP contribution in [-0.2, 0) is 9.53 Å². The topological polar surface area (TPSA) is 106 Å². The Morgan fingerprint density at radius 1 is 1.27 bits per heavy atom. The average Bonchev–Trinajstić information content (AvgIpc) is 2.80. The van der Waals surface area contributed by atoms with Gasteiger partial charge in [-0.1, -0.05) is 23.8 Å². The van der Waals surface area contributed by atoms with Gasteiger partial charge in [0, 0.05) is 26.0 Å². The zero-order valence-electron chi connectivity index (χ0n) is 18.9. The third kappa shape index (κ3) is 5.84. The van der Waals surface area contributed by atoms with Gasteiger partial charge in [0.15, 0.2) is 0 Å². The molecule has 1 aromatic carbocycles. The summed E-state index contributed by atoms with van der Waals surface area (Å²) in [6, 6.07) is 12.7. The SMILES string of the molecule is CCOCCCNC(=O)C(C#N)=Cc1c(Oc2ccc(C)cc2C)nc2ccccn2c1=O. The molecule has 0 aliphatic heterocycles. The lowest BCUT2D eigenvalue weighted by Gasteiger charge is -2.12. The molecule has 3 aromatic rings. The summed E-state index contributed by atoms with van der Waals surface area (Å²) in [6.45, 7) is 7.20. The van der Waals surface area contributed by atoms with E-state index in [1.165, 1.54) is 10.5 Å². The molecule has 0 unspecified atom stereocenters. The van der Waals surface area contributed by atoms with Crippen molar-refractivity contribution in [2.45, 2.75) is 27.2 Å². The van der Waals surface area contributed by atoms with Gasteiger partial charge in [0.2, 0.25) is 5.88 Å². The summed E-state index contributed by atoms with van der Waals surface area (Å²) < 4.78 is 12.6. The van der Waals surface area contributed by atoms with Gasteiger partial charge in [-0.2, -0.15) is 10.2 Å². The molecule has 170 valence electrons. The minimum absolute atomic E-state index is 0.0136. The molecule has 1 amide bonds. The maximum Gasteiger partial charge on any atom is 0.269 e. The highest BCUT2D eigenvalue weighted by atomic mass is 16.5. The van der Waals surface area contributed by atoms with Crippen LogP contribution in [0.4, 0.5) is 0 Å². The monoisotopic (exact) mass is 446 g/mol. The van der Waals surface area contributed by atoms with Crippen LogP contribution in [0.15, 0.2) is 53.0 Å². The summed E-state index contributed by atoms with van der Waals surface area (Å²) in [4.78, 5) is 30.2. The number of benzene rings is 1. The van der Waals surface area contributed by atoms with Crippen LogP contribution in [0.25, 0.3) is 11.7 Å². The van der Waals surface area contributed by atoms with Gasteiger partial charge in [-0.05, 0) is 57.0 Å². The predicted octanol–water partition coefficient (Wildman–Crippen LogP) is 3.55. The van der Waals surface area contributed by atoms with E-state index in [-0.39, 0.29) is 17.0 Å². The third-order valence-corrected chi connectivity index (χ3v) is 4.88. The van der Waals surface area contributed by atoms with E-state index in [9.17, 15) is 14.9 Å². The molecule has 0 atom stereocenters. The largest absolute Gasteiger partial charge is 0.438 e. The number of aromatic nitrogens is 2. The van der Waals surface area contributed by atoms with Crippen molar-refractivity contribution in [3.05, 3.63) is 75.2 Å². The van der Waals surface area contributed by atoms with Crippen LogP contribution < -0.4 is 15.6 Å². The highest BCUT2D eigenvalue weighted by Crippen LogP contribution is 2.27. The first-order chi connectivity index (χ1) is 15.9. The fraction of sp³-hybridized carbons (Fsp3) is 0.280. The van der Waals surface area contributed by atoms with Gasteiger partial charge < -0.3 is 14.8 Å². The second-order valence-corrected chi connectivity index (χ2v) is 7.41. The Hall–Kier alpha value is -3.96. The van der Waals surface area contributed by atoms with Crippen LogP contribution in [0, 0.1) is 25.2 Å². The van der Waals surface area contributed by atoms with Crippen LogP contribution in [-0.4, -0.2) is 35.1 Å². The van der Waals surface area contributed by atoms with Gasteiger partial charge in [0.1, 0.15) is 28.6 Å². The molecular formula is C25H26N4O4. The summed E-state index contributed by atoms with van der Waals surface area (Å²) in [6.07, 6.45) is 3.41. The smallest absolute Gasteiger partial charge is 0.269 e. The van der Waals surface area contributed by atoms with E-state index in [4.69, 9.17) is 9.47 Å². The highest BCUT2D eigenvalue weighted by molar-refractivity contribution is 6.01. The molecule has 0 saturated carbocycles. The number of carbonyl (C=O) groups excluding carboxylic acids is 1. The van der Waals surface area contributed by atoms with Gasteiger partial charge >= 0.3 is 0 Å². The molecule has 0 saturated heterocycles. The van der Waals surface area contributed by atoms with E-state index in [1.54, 1.807) is 30.5 Å². The Balaban J connectivity index is 2.01. The number of nitrogens with one attached hydrogen (secondary N) is 1. The first-order valence-corrected chi connectivity index (χ1v) is 10.7. The van der Waals surface area contributed by atoms with Gasteiger partial charge in [0.05, 0.1) is 0 Å². The molecule has 2 heterocycles. The van der Waals surface area contributed by atoms with Crippen molar-refractivity contribution in [2.75, 3.05) is 19.8 Å². The zero-order chi connectivity index (χ0) is 23.8. The molecule has 0 radical (unpaired) electrons. The van der Waals surface area contributed by atoms with Crippen LogP contribution in [0.2, 0.25) is 0 Å². The number of hydrogen-bond donors (Lipinski definition) is 1. The Bertz CT molecular complexity index is 1290. The number of pyridine rings is 1. The van der Waals surface area contributed by atoms with Crippen molar-refractivity contribution in [1.82, 2.24) is 14.7 Å². The van der Waals surface area contributed by atoms with Crippen molar-refractivity contribution < 1.29 is 14.3 Å². The molecule has 33 heavy (non-hydrogen) atoms. The Morgan fingerprint density at radius 3 is 2.82 bits per heavy atom. The third-order valence-electron chi connectivity index (χ3n) is 4.88. The van der Waals surface area contributed by atoms with Crippen LogP contribution in [0.1, 0.15) is 30.0 Å². The van der Waals surface area contributed by atoms with Crippen LogP contribution in [0.5, 0.6) is 11.6 Å². The molecule has 1 N–H and O–H groups in total. The standard InChI is InChI=1S/C25H26N4O4/c1-4-32-13-7-11-27-23(30)19(16-26)15-20-24(33-21-10-9-17(2)14-18(21)3)28-22-8-5-6-12-29(22)25(20)31/h5-6,8-10,12,14-15H,4,7,11,13H2,1-3H3,(H,27,30). The van der Waals surface area contributed by atoms with Crippen molar-refractivity contribution in [3.8, 4) is 17.7 Å². The zero-order valence-corrected chi connectivity index (χ0v) is 18.9. The quantitative estimate of drug-likeness (QED) is 0.306. The lowest BCUT2D eigenvalue weighted by molar-refractivity contribution is -0.117. The number of amides is 1. The fourth-order valence-corrected chi connectivity index (χ4v) is 3.21. The molecule has 0 aliphatic carbocycles. The Labute approximate surface area is 192 Å². The maximum atomic E-state index is 13.2. The van der Waals surface area contributed by atoms with Gasteiger partial charge in [0.25, 0.3) is 11.5 Å². The molecular weight excluding hydrogens is 420 g/mol. The molecule has 3 rings (SSSR count). The second-order valence-electron chi connectivity index (χ2n) is 7.41. The minimum Gasteiger partial charge on any atom is -0.438 e. The number of nitriles is 1. The molecule has 2 aromatic heterocycles. The summed E-state index contributed by atoms with van der Waals surface area (Å²) >= 11 is 0. The minimum atomic E-state index is -0.580. The van der Waals surface area contributed by atoms with E-state index in [0.717, 1.165) is 11.1 Å². The fourth-order valence-electron chi connectivity index (χ4n) is 3.21. The number of aryl methyl sites for hydroxylation is 2. The molecule has 0 aliphatic rings. The summed E-state index contributed by atoms with van der Waals surface area (Å²) in [5.41, 5.74) is 1.67. The molecule has 8 heteroatoms. The lowest BCUT2D eigenvalue weighted by atomic mass is 10.1. The normalized spacial score (nSPS) is 11.3. The summed E-state index contributed by atoms with van der Waals surface area (Å²) in [5.74, 6) is -0.0274. The maximum absolute atomic E-state index is 13.2. The molecule has 0 bridgehead atoms. The Morgan fingerprint density at radius 2 is 2.09 bits per heavy atom. The van der Waals surface area contributed by atoms with E-state index in [0.29, 0.717) is 37.6 Å². The van der Waals surface area contributed by atoms with Crippen molar-refractivity contribution in [2.24, 2.45) is 0 Å². The number of carbonyl (C=O) groups is 1. The number of fused-ring (bicyclic) bond motifs is 1. The lowest BCUT2D eigenvalue weighted by Crippen LogP contribution is -2.27. The number of hydrogen-bond acceptors (Lipinski definition) is 6. The van der Waals surface area contributed by atoms with Crippen LogP contribution in [0.3, 0.4) is 0 Å². The highest BCUT2D eigenvalue weighted by Gasteiger charge is 2.17. The van der Waals surface area contributed by atoms with Crippen molar-refractivity contribution >= 4 is 17.6 Å². The van der Waals surface area contributed by atoms with Crippen molar-refractivity contribution in [3.63, 3.8) is 0 Å². The van der Waals surface area contributed by atoms with Gasteiger partial charge in [-0.25, -0.2) is 0 Å². The van der Waals surface area contributed by atoms with E-state index < -0.39 is 11.5 Å². The molecule has 8 nitrogen and oxygen atoms in total. The number of rotatable bonds is 9. The van der Waals surface area contributed by atoms with E-state index >= 15 is 0 Å². The summed E-state index contributed by atoms with van der Waals surface area (Å²) in [7, 11) is 0. The van der Waals surface area contributed by atoms with E-state index in [2.05, 4.69) is 10.3 Å².